The predicted octanol–water partition coefficient (Wildman–Crippen LogP) is 1.79. The van der Waals surface area contributed by atoms with Gasteiger partial charge in [-0.2, -0.15) is 0 Å². The molecule has 9 nitrogen and oxygen atoms in total. The van der Waals surface area contributed by atoms with Gasteiger partial charge in [-0.1, -0.05) is 12.1 Å². The lowest BCUT2D eigenvalue weighted by molar-refractivity contribution is -0.384. The summed E-state index contributed by atoms with van der Waals surface area (Å²) in [5.74, 6) is 0.642. The third kappa shape index (κ3) is 4.00. The summed E-state index contributed by atoms with van der Waals surface area (Å²) in [5.41, 5.74) is 1.28. The highest BCUT2D eigenvalue weighted by Crippen LogP contribution is 2.29. The standard InChI is InChI=1S/C20H23N5O4/c26-20(16-4-3-7-21-19(16)23-12-14-29-15-13-23)24-10-8-22(9-11-24)17-5-1-2-6-18(17)25(27)28/h1-7H,8-15H2. The summed E-state index contributed by atoms with van der Waals surface area (Å²) < 4.78 is 5.40. The Morgan fingerprint density at radius 3 is 2.41 bits per heavy atom. The summed E-state index contributed by atoms with van der Waals surface area (Å²) in [6, 6.07) is 10.3. The van der Waals surface area contributed by atoms with Crippen molar-refractivity contribution in [3.63, 3.8) is 0 Å². The first kappa shape index (κ1) is 19.1. The second kappa shape index (κ2) is 8.44. The van der Waals surface area contributed by atoms with E-state index >= 15 is 0 Å². The van der Waals surface area contributed by atoms with E-state index in [-0.39, 0.29) is 16.5 Å². The Hall–Kier alpha value is -3.20. The highest BCUT2D eigenvalue weighted by atomic mass is 16.6. The molecule has 0 aliphatic carbocycles. The van der Waals surface area contributed by atoms with Gasteiger partial charge in [0.2, 0.25) is 0 Å². The number of hydrogen-bond acceptors (Lipinski definition) is 7. The van der Waals surface area contributed by atoms with Crippen LogP contribution in [0.25, 0.3) is 0 Å². The summed E-state index contributed by atoms with van der Waals surface area (Å²) in [5, 5.41) is 11.3. The number of nitro groups is 1. The number of nitro benzene ring substituents is 1. The molecule has 2 aromatic rings. The highest BCUT2D eigenvalue weighted by Gasteiger charge is 2.28. The molecule has 1 amide bonds. The van der Waals surface area contributed by atoms with E-state index in [4.69, 9.17) is 4.74 Å². The van der Waals surface area contributed by atoms with Gasteiger partial charge in [0.25, 0.3) is 11.6 Å². The van der Waals surface area contributed by atoms with Crippen LogP contribution in [0.1, 0.15) is 10.4 Å². The Labute approximate surface area is 168 Å². The maximum Gasteiger partial charge on any atom is 0.292 e. The Morgan fingerprint density at radius 2 is 1.69 bits per heavy atom. The van der Waals surface area contributed by atoms with Crippen molar-refractivity contribution in [3.8, 4) is 0 Å². The Kier molecular flexibility index (Phi) is 5.57. The van der Waals surface area contributed by atoms with E-state index in [9.17, 15) is 14.9 Å². The van der Waals surface area contributed by atoms with Crippen LogP contribution in [0.15, 0.2) is 42.6 Å². The fourth-order valence-corrected chi connectivity index (χ4v) is 3.80. The van der Waals surface area contributed by atoms with Crippen LogP contribution in [0.2, 0.25) is 0 Å². The molecule has 3 heterocycles. The van der Waals surface area contributed by atoms with Crippen molar-refractivity contribution in [1.82, 2.24) is 9.88 Å². The summed E-state index contributed by atoms with van der Waals surface area (Å²) in [6.07, 6.45) is 1.70. The SMILES string of the molecule is O=C(c1cccnc1N1CCOCC1)N1CCN(c2ccccc2[N+](=O)[O-])CC1. The second-order valence-electron chi connectivity index (χ2n) is 7.00. The van der Waals surface area contributed by atoms with E-state index in [1.54, 1.807) is 35.4 Å². The topological polar surface area (TPSA) is 92.1 Å². The van der Waals surface area contributed by atoms with Gasteiger partial charge in [0.15, 0.2) is 0 Å². The van der Waals surface area contributed by atoms with Crippen molar-refractivity contribution in [2.24, 2.45) is 0 Å². The van der Waals surface area contributed by atoms with Crippen molar-refractivity contribution >= 4 is 23.1 Å². The number of hydrogen-bond donors (Lipinski definition) is 0. The number of nitrogens with zero attached hydrogens (tertiary/aromatic N) is 5. The van der Waals surface area contributed by atoms with Crippen LogP contribution in [0, 0.1) is 10.1 Å². The molecule has 1 aromatic carbocycles. The average Bonchev–Trinajstić information content (AvgIpc) is 2.79. The molecule has 9 heteroatoms. The van der Waals surface area contributed by atoms with Gasteiger partial charge >= 0.3 is 0 Å². The lowest BCUT2D eigenvalue weighted by Crippen LogP contribution is -2.49. The fourth-order valence-electron chi connectivity index (χ4n) is 3.80. The highest BCUT2D eigenvalue weighted by molar-refractivity contribution is 5.99. The molecule has 152 valence electrons. The van der Waals surface area contributed by atoms with Gasteiger partial charge in [0.05, 0.1) is 23.7 Å². The lowest BCUT2D eigenvalue weighted by atomic mass is 10.1. The molecule has 0 radical (unpaired) electrons. The molecule has 2 saturated heterocycles. The van der Waals surface area contributed by atoms with E-state index < -0.39 is 0 Å². The van der Waals surface area contributed by atoms with Gasteiger partial charge in [0, 0.05) is 51.5 Å². The van der Waals surface area contributed by atoms with Crippen molar-refractivity contribution < 1.29 is 14.5 Å². The Bertz CT molecular complexity index is 892. The molecule has 2 aliphatic rings. The van der Waals surface area contributed by atoms with Crippen LogP contribution in [0.3, 0.4) is 0 Å². The van der Waals surface area contributed by atoms with Crippen molar-refractivity contribution in [3.05, 3.63) is 58.3 Å². The minimum absolute atomic E-state index is 0.0539. The van der Waals surface area contributed by atoms with Crippen LogP contribution >= 0.6 is 0 Å². The van der Waals surface area contributed by atoms with E-state index in [2.05, 4.69) is 9.88 Å². The number of amides is 1. The number of benzene rings is 1. The third-order valence-electron chi connectivity index (χ3n) is 5.31. The van der Waals surface area contributed by atoms with Crippen molar-refractivity contribution in [2.75, 3.05) is 62.3 Å². The normalized spacial score (nSPS) is 17.3. The Balaban J connectivity index is 1.47. The van der Waals surface area contributed by atoms with E-state index in [0.717, 1.165) is 0 Å². The zero-order valence-electron chi connectivity index (χ0n) is 16.1. The van der Waals surface area contributed by atoms with Crippen LogP contribution in [-0.4, -0.2) is 73.2 Å². The molecular weight excluding hydrogens is 374 g/mol. The molecule has 4 rings (SSSR count). The monoisotopic (exact) mass is 397 g/mol. The minimum Gasteiger partial charge on any atom is -0.378 e. The van der Waals surface area contributed by atoms with E-state index in [1.165, 1.54) is 6.07 Å². The number of para-hydroxylation sites is 2. The first-order valence-electron chi connectivity index (χ1n) is 9.70. The molecule has 0 unspecified atom stereocenters. The van der Waals surface area contributed by atoms with Crippen LogP contribution < -0.4 is 9.80 Å². The maximum absolute atomic E-state index is 13.2. The average molecular weight is 397 g/mol. The van der Waals surface area contributed by atoms with Crippen LogP contribution in [0.5, 0.6) is 0 Å². The number of anilines is 2. The maximum atomic E-state index is 13.2. The molecule has 0 N–H and O–H groups in total. The number of pyridine rings is 1. The number of rotatable bonds is 4. The quantitative estimate of drug-likeness (QED) is 0.574. The zero-order chi connectivity index (χ0) is 20.2. The first-order chi connectivity index (χ1) is 14.1. The smallest absolute Gasteiger partial charge is 0.292 e. The van der Waals surface area contributed by atoms with Gasteiger partial charge in [-0.05, 0) is 18.2 Å². The molecule has 2 aliphatic heterocycles. The molecule has 1 aromatic heterocycles. The van der Waals surface area contributed by atoms with Crippen LogP contribution in [0.4, 0.5) is 17.2 Å². The number of piperazine rings is 1. The van der Waals surface area contributed by atoms with Gasteiger partial charge in [-0.25, -0.2) is 4.98 Å². The lowest BCUT2D eigenvalue weighted by Gasteiger charge is -2.36. The van der Waals surface area contributed by atoms with E-state index in [1.807, 2.05) is 11.0 Å². The van der Waals surface area contributed by atoms with Gasteiger partial charge < -0.3 is 19.4 Å². The first-order valence-corrected chi connectivity index (χ1v) is 9.70. The number of carbonyl (C=O) groups is 1. The number of aromatic nitrogens is 1. The van der Waals surface area contributed by atoms with Gasteiger partial charge in [-0.3, -0.25) is 14.9 Å². The molecule has 29 heavy (non-hydrogen) atoms. The van der Waals surface area contributed by atoms with Gasteiger partial charge in [-0.15, -0.1) is 0 Å². The number of ether oxygens (including phenoxy) is 1. The summed E-state index contributed by atoms with van der Waals surface area (Å²) in [4.78, 5) is 34.4. The summed E-state index contributed by atoms with van der Waals surface area (Å²) in [6.45, 7) is 4.76. The summed E-state index contributed by atoms with van der Waals surface area (Å²) in [7, 11) is 0. The van der Waals surface area contributed by atoms with Crippen LogP contribution in [-0.2, 0) is 4.74 Å². The summed E-state index contributed by atoms with van der Waals surface area (Å²) >= 11 is 0. The Morgan fingerprint density at radius 1 is 0.966 bits per heavy atom. The molecule has 0 spiro atoms. The largest absolute Gasteiger partial charge is 0.378 e. The zero-order valence-corrected chi connectivity index (χ0v) is 16.1. The van der Waals surface area contributed by atoms with E-state index in [0.29, 0.717) is 69.6 Å². The van der Waals surface area contributed by atoms with Crippen molar-refractivity contribution in [2.45, 2.75) is 0 Å². The third-order valence-corrected chi connectivity index (χ3v) is 5.31. The molecule has 0 saturated carbocycles. The molecule has 2 fully saturated rings. The molecular formula is C20H23N5O4. The molecule has 0 bridgehead atoms. The number of morpholine rings is 1. The van der Waals surface area contributed by atoms with Gasteiger partial charge in [0.1, 0.15) is 11.5 Å². The second-order valence-corrected chi connectivity index (χ2v) is 7.00. The fraction of sp³-hybridized carbons (Fsp3) is 0.400. The minimum atomic E-state index is -0.364. The van der Waals surface area contributed by atoms with Crippen molar-refractivity contribution in [1.29, 1.82) is 0 Å². The number of carbonyl (C=O) groups excluding carboxylic acids is 1. The predicted molar refractivity (Wildman–Crippen MR) is 108 cm³/mol. The molecule has 0 atom stereocenters.